The molecule has 2 fully saturated rings. The smallest absolute Gasteiger partial charge is 0.229 e. The fraction of sp³-hybridized carbons (Fsp3) is 0.556. The van der Waals surface area contributed by atoms with Crippen LogP contribution >= 0.6 is 0 Å². The first kappa shape index (κ1) is 25.5. The molecule has 3 aromatic heterocycles. The number of nitrogens with one attached hydrogen (secondary N) is 2. The second-order valence-electron chi connectivity index (χ2n) is 10.5. The van der Waals surface area contributed by atoms with Gasteiger partial charge in [-0.15, -0.1) is 0 Å². The number of hydrogen-bond donors (Lipinski definition) is 3. The van der Waals surface area contributed by atoms with Crippen molar-refractivity contribution in [2.75, 3.05) is 42.9 Å². The van der Waals surface area contributed by atoms with Crippen LogP contribution in [0.4, 0.5) is 17.6 Å². The molecule has 6 rings (SSSR count). The number of piperidine rings is 2. The zero-order valence-corrected chi connectivity index (χ0v) is 22.7. The lowest BCUT2D eigenvalue weighted by atomic mass is 10.1. The van der Waals surface area contributed by atoms with Crippen molar-refractivity contribution in [1.82, 2.24) is 29.6 Å². The Hall–Kier alpha value is -2.73. The molecule has 0 bridgehead atoms. The lowest BCUT2D eigenvalue weighted by Crippen LogP contribution is -2.42. The summed E-state index contributed by atoms with van der Waals surface area (Å²) in [5, 5.41) is 18.0. The van der Waals surface area contributed by atoms with Gasteiger partial charge in [0.1, 0.15) is 11.3 Å². The quantitative estimate of drug-likeness (QED) is 0.437. The highest BCUT2D eigenvalue weighted by Crippen LogP contribution is 2.30. The van der Waals surface area contributed by atoms with Gasteiger partial charge in [0.2, 0.25) is 5.95 Å². The Morgan fingerprint density at radius 3 is 2.71 bits per heavy atom. The Balaban J connectivity index is 1.22. The fourth-order valence-electron chi connectivity index (χ4n) is 5.58. The number of aliphatic hydroxyl groups is 1. The lowest BCUT2D eigenvalue weighted by molar-refractivity contribution is 0.194. The third-order valence-electron chi connectivity index (χ3n) is 7.73. The predicted octanol–water partition coefficient (Wildman–Crippen LogP) is 2.98. The summed E-state index contributed by atoms with van der Waals surface area (Å²) in [5.74, 6) is 1.98. The number of aliphatic hydroxyl groups excluding tert-OH is 1. The summed E-state index contributed by atoms with van der Waals surface area (Å²) in [6.45, 7) is 6.92. The van der Waals surface area contributed by atoms with Gasteiger partial charge in [-0.2, -0.15) is 0 Å². The molecule has 3 aliphatic rings. The minimum Gasteiger partial charge on any atom is -0.387 e. The second kappa shape index (κ2) is 11.2. The maximum atomic E-state index is 13.1. The highest BCUT2D eigenvalue weighted by molar-refractivity contribution is 7.83. The Morgan fingerprint density at radius 1 is 1.11 bits per heavy atom. The van der Waals surface area contributed by atoms with Crippen LogP contribution in [0, 0.1) is 0 Å². The zero-order chi connectivity index (χ0) is 26.1. The van der Waals surface area contributed by atoms with Crippen LogP contribution in [0.2, 0.25) is 0 Å². The molecule has 0 saturated carbocycles. The number of anilines is 3. The topological polar surface area (TPSA) is 119 Å². The highest BCUT2D eigenvalue weighted by atomic mass is 32.2. The van der Waals surface area contributed by atoms with Gasteiger partial charge < -0.3 is 20.6 Å². The lowest BCUT2D eigenvalue weighted by Gasteiger charge is -2.32. The van der Waals surface area contributed by atoms with E-state index >= 15 is 0 Å². The van der Waals surface area contributed by atoms with E-state index in [9.17, 15) is 9.32 Å². The van der Waals surface area contributed by atoms with E-state index in [1.54, 1.807) is 13.1 Å². The summed E-state index contributed by atoms with van der Waals surface area (Å²) >= 11 is 0. The fourth-order valence-corrected chi connectivity index (χ4v) is 7.18. The van der Waals surface area contributed by atoms with Gasteiger partial charge in [-0.3, -0.25) is 0 Å². The summed E-state index contributed by atoms with van der Waals surface area (Å²) in [5.41, 5.74) is 3.58. The molecule has 202 valence electrons. The van der Waals surface area contributed by atoms with E-state index in [1.807, 2.05) is 12.1 Å². The van der Waals surface area contributed by atoms with E-state index < -0.39 is 17.1 Å². The van der Waals surface area contributed by atoms with Crippen LogP contribution in [-0.2, 0) is 24.0 Å². The number of hydrogen-bond acceptors (Lipinski definition) is 9. The monoisotopic (exact) mass is 536 g/mol. The van der Waals surface area contributed by atoms with Crippen LogP contribution in [0.5, 0.6) is 0 Å². The van der Waals surface area contributed by atoms with Crippen molar-refractivity contribution in [2.24, 2.45) is 0 Å². The van der Waals surface area contributed by atoms with Gasteiger partial charge in [-0.1, -0.05) is 6.07 Å². The average Bonchev–Trinajstić information content (AvgIpc) is 2.97. The van der Waals surface area contributed by atoms with Crippen molar-refractivity contribution in [2.45, 2.75) is 63.3 Å². The number of pyridine rings is 2. The second-order valence-corrected chi connectivity index (χ2v) is 12.2. The van der Waals surface area contributed by atoms with Crippen molar-refractivity contribution in [1.29, 1.82) is 0 Å². The normalized spacial score (nSPS) is 20.7. The Kier molecular flexibility index (Phi) is 7.51. The molecule has 6 heterocycles. The van der Waals surface area contributed by atoms with Crippen LogP contribution < -0.4 is 15.5 Å². The first-order chi connectivity index (χ1) is 18.5. The maximum absolute atomic E-state index is 13.1. The Morgan fingerprint density at radius 2 is 1.92 bits per heavy atom. The van der Waals surface area contributed by atoms with Gasteiger partial charge in [-0.25, -0.2) is 28.5 Å². The Bertz CT molecular complexity index is 1320. The molecule has 38 heavy (non-hydrogen) atoms. The van der Waals surface area contributed by atoms with Crippen LogP contribution in [0.1, 0.15) is 62.1 Å². The standard InChI is InChI=1S/C27H36N8O2S/c1-18(36)23-15-20-16-29-27(33-25(20)26(31-23)34-12-3-2-4-13-34)32-24-6-5-19-17-35(14-9-22(19)30-24)38(37)21-7-10-28-11-8-21/h5-6,15-16,18,21,28,36H,2-4,7-14,17H2,1H3,(H,29,30,32,33). The molecule has 2 atom stereocenters. The minimum atomic E-state index is -0.956. The molecule has 2 saturated heterocycles. The maximum Gasteiger partial charge on any atom is 0.229 e. The van der Waals surface area contributed by atoms with Crippen LogP contribution in [0.3, 0.4) is 0 Å². The molecule has 2 unspecified atom stereocenters. The summed E-state index contributed by atoms with van der Waals surface area (Å²) in [6, 6.07) is 5.89. The molecule has 11 heteroatoms. The average molecular weight is 537 g/mol. The van der Waals surface area contributed by atoms with Gasteiger partial charge in [0.05, 0.1) is 28.0 Å². The van der Waals surface area contributed by atoms with Crippen LogP contribution in [0.25, 0.3) is 10.9 Å². The SMILES string of the molecule is CC(O)c1cc2cnc(Nc3ccc4c(n3)CCN(S(=O)C3CCNCC3)C4)nc2c(N2CCCCC2)n1. The molecule has 0 aliphatic carbocycles. The molecule has 0 spiro atoms. The number of fused-ring (bicyclic) bond motifs is 2. The van der Waals surface area contributed by atoms with Gasteiger partial charge >= 0.3 is 0 Å². The molecule has 10 nitrogen and oxygen atoms in total. The minimum absolute atomic E-state index is 0.248. The molecule has 0 aromatic carbocycles. The Labute approximate surface area is 225 Å². The van der Waals surface area contributed by atoms with E-state index in [2.05, 4.69) is 30.9 Å². The summed E-state index contributed by atoms with van der Waals surface area (Å²) in [6.07, 6.45) is 7.32. The van der Waals surface area contributed by atoms with Crippen molar-refractivity contribution in [3.8, 4) is 0 Å². The predicted molar refractivity (Wildman–Crippen MR) is 150 cm³/mol. The number of aromatic nitrogens is 4. The van der Waals surface area contributed by atoms with Crippen molar-refractivity contribution >= 4 is 39.5 Å². The van der Waals surface area contributed by atoms with Gasteiger partial charge in [0.25, 0.3) is 0 Å². The third-order valence-corrected chi connectivity index (χ3v) is 9.59. The van der Waals surface area contributed by atoms with Crippen molar-refractivity contribution in [3.05, 3.63) is 41.3 Å². The molecular weight excluding hydrogens is 500 g/mol. The molecule has 0 radical (unpaired) electrons. The summed E-state index contributed by atoms with van der Waals surface area (Å²) in [7, 11) is -0.956. The van der Waals surface area contributed by atoms with Crippen molar-refractivity contribution < 1.29 is 9.32 Å². The summed E-state index contributed by atoms with van der Waals surface area (Å²) in [4.78, 5) is 21.3. The summed E-state index contributed by atoms with van der Waals surface area (Å²) < 4.78 is 15.2. The van der Waals surface area contributed by atoms with E-state index in [0.29, 0.717) is 24.0 Å². The van der Waals surface area contributed by atoms with Crippen LogP contribution in [-0.4, -0.2) is 71.5 Å². The number of nitrogens with zero attached hydrogens (tertiary/aromatic N) is 6. The molecule has 3 aromatic rings. The van der Waals surface area contributed by atoms with Crippen molar-refractivity contribution in [3.63, 3.8) is 0 Å². The first-order valence-corrected chi connectivity index (χ1v) is 14.9. The molecule has 3 aliphatic heterocycles. The molecule has 3 N–H and O–H groups in total. The zero-order valence-electron chi connectivity index (χ0n) is 21.9. The van der Waals surface area contributed by atoms with Gasteiger partial charge in [-0.05, 0) is 69.8 Å². The van der Waals surface area contributed by atoms with E-state index in [0.717, 1.165) is 92.8 Å². The first-order valence-electron chi connectivity index (χ1n) is 13.8. The van der Waals surface area contributed by atoms with Crippen LogP contribution in [0.15, 0.2) is 24.4 Å². The highest BCUT2D eigenvalue weighted by Gasteiger charge is 2.28. The number of rotatable bonds is 6. The third kappa shape index (κ3) is 5.38. The molecule has 0 amide bonds. The van der Waals surface area contributed by atoms with E-state index in [-0.39, 0.29) is 5.25 Å². The largest absolute Gasteiger partial charge is 0.387 e. The van der Waals surface area contributed by atoms with E-state index in [1.165, 1.54) is 6.42 Å². The molecular formula is C27H36N8O2S. The van der Waals surface area contributed by atoms with E-state index in [4.69, 9.17) is 15.0 Å². The van der Waals surface area contributed by atoms with Gasteiger partial charge in [0, 0.05) is 49.9 Å². The van der Waals surface area contributed by atoms with Gasteiger partial charge in [0.15, 0.2) is 5.82 Å².